The Balaban J connectivity index is 1.66. The smallest absolute Gasteiger partial charge is 0.319 e. The molecule has 2 N–H and O–H groups in total. The minimum Gasteiger partial charge on any atom is -0.334 e. The van der Waals surface area contributed by atoms with E-state index in [0.29, 0.717) is 6.54 Å². The van der Waals surface area contributed by atoms with Crippen molar-refractivity contribution in [2.75, 3.05) is 5.32 Å². The van der Waals surface area contributed by atoms with Crippen molar-refractivity contribution >= 4 is 23.1 Å². The van der Waals surface area contributed by atoms with Gasteiger partial charge in [-0.1, -0.05) is 42.5 Å². The Kier molecular flexibility index (Phi) is 4.51. The number of anilines is 1. The molecule has 0 saturated heterocycles. The summed E-state index contributed by atoms with van der Waals surface area (Å²) >= 11 is 1.67. The van der Waals surface area contributed by atoms with Crippen LogP contribution in [0, 0.1) is 0 Å². The third-order valence-corrected chi connectivity index (χ3v) is 4.00. The van der Waals surface area contributed by atoms with Crippen LogP contribution in [0.4, 0.5) is 10.5 Å². The molecule has 0 aliphatic rings. The molecule has 3 nitrogen and oxygen atoms in total. The molecular formula is C18H16N2OS. The maximum atomic E-state index is 12.0. The van der Waals surface area contributed by atoms with E-state index < -0.39 is 0 Å². The molecule has 2 aromatic carbocycles. The van der Waals surface area contributed by atoms with Gasteiger partial charge in [-0.05, 0) is 45.6 Å². The molecule has 0 aliphatic carbocycles. The molecule has 0 unspecified atom stereocenters. The molecule has 4 heteroatoms. The number of hydrogen-bond donors (Lipinski definition) is 2. The Hall–Kier alpha value is -2.59. The Morgan fingerprint density at radius 3 is 2.50 bits per heavy atom. The van der Waals surface area contributed by atoms with Crippen LogP contribution >= 0.6 is 11.3 Å². The van der Waals surface area contributed by atoms with Crippen molar-refractivity contribution in [2.45, 2.75) is 6.54 Å². The number of benzene rings is 2. The third kappa shape index (κ3) is 3.54. The molecule has 1 aromatic heterocycles. The van der Waals surface area contributed by atoms with Crippen molar-refractivity contribution in [1.82, 2.24) is 5.32 Å². The highest BCUT2D eigenvalue weighted by Gasteiger charge is 2.07. The highest BCUT2D eigenvalue weighted by molar-refractivity contribution is 7.08. The first-order chi connectivity index (χ1) is 10.8. The maximum absolute atomic E-state index is 12.0. The van der Waals surface area contributed by atoms with Gasteiger partial charge in [0.25, 0.3) is 0 Å². The maximum Gasteiger partial charge on any atom is 0.319 e. The number of carbonyl (C=O) groups is 1. The van der Waals surface area contributed by atoms with E-state index in [0.717, 1.165) is 16.8 Å². The molecule has 0 bridgehead atoms. The van der Waals surface area contributed by atoms with E-state index in [2.05, 4.69) is 33.5 Å². The van der Waals surface area contributed by atoms with Crippen molar-refractivity contribution in [3.63, 3.8) is 0 Å². The average Bonchev–Trinajstić information content (AvgIpc) is 3.08. The summed E-state index contributed by atoms with van der Waals surface area (Å²) in [5, 5.41) is 9.89. The van der Waals surface area contributed by atoms with Gasteiger partial charge < -0.3 is 10.6 Å². The predicted molar refractivity (Wildman–Crippen MR) is 92.1 cm³/mol. The van der Waals surface area contributed by atoms with Crippen LogP contribution in [0.25, 0.3) is 11.1 Å². The fraction of sp³-hybridized carbons (Fsp3) is 0.0556. The van der Waals surface area contributed by atoms with Gasteiger partial charge >= 0.3 is 6.03 Å². The zero-order chi connectivity index (χ0) is 15.2. The van der Waals surface area contributed by atoms with E-state index in [9.17, 15) is 4.79 Å². The summed E-state index contributed by atoms with van der Waals surface area (Å²) in [6.45, 7) is 0.491. The van der Waals surface area contributed by atoms with E-state index >= 15 is 0 Å². The van der Waals surface area contributed by atoms with Crippen LogP contribution in [0.3, 0.4) is 0 Å². The zero-order valence-electron chi connectivity index (χ0n) is 12.0. The SMILES string of the molecule is O=C(NCc1ccccc1-c1ccsc1)Nc1ccccc1. The summed E-state index contributed by atoms with van der Waals surface area (Å²) in [6, 6.07) is 19.4. The molecule has 3 rings (SSSR count). The highest BCUT2D eigenvalue weighted by atomic mass is 32.1. The van der Waals surface area contributed by atoms with Gasteiger partial charge in [-0.15, -0.1) is 0 Å². The van der Waals surface area contributed by atoms with E-state index in [1.165, 1.54) is 5.56 Å². The lowest BCUT2D eigenvalue weighted by molar-refractivity contribution is 0.252. The van der Waals surface area contributed by atoms with Gasteiger partial charge in [0.1, 0.15) is 0 Å². The molecule has 22 heavy (non-hydrogen) atoms. The number of carbonyl (C=O) groups excluding carboxylic acids is 1. The second kappa shape index (κ2) is 6.91. The molecule has 0 radical (unpaired) electrons. The van der Waals surface area contributed by atoms with Crippen molar-refractivity contribution in [3.8, 4) is 11.1 Å². The first kappa shape index (κ1) is 14.4. The molecule has 110 valence electrons. The predicted octanol–water partition coefficient (Wildman–Crippen LogP) is 4.74. The first-order valence-corrected chi connectivity index (χ1v) is 7.97. The van der Waals surface area contributed by atoms with E-state index in [-0.39, 0.29) is 6.03 Å². The summed E-state index contributed by atoms with van der Waals surface area (Å²) in [6.07, 6.45) is 0. The van der Waals surface area contributed by atoms with Gasteiger partial charge in [0.15, 0.2) is 0 Å². The normalized spacial score (nSPS) is 10.2. The van der Waals surface area contributed by atoms with Gasteiger partial charge in [0.05, 0.1) is 0 Å². The Labute approximate surface area is 133 Å². The van der Waals surface area contributed by atoms with Crippen LogP contribution in [-0.4, -0.2) is 6.03 Å². The minimum atomic E-state index is -0.202. The number of amides is 2. The quantitative estimate of drug-likeness (QED) is 0.718. The number of rotatable bonds is 4. The number of nitrogens with one attached hydrogen (secondary N) is 2. The summed E-state index contributed by atoms with van der Waals surface area (Å²) in [7, 11) is 0. The molecule has 1 heterocycles. The van der Waals surface area contributed by atoms with Crippen molar-refractivity contribution in [1.29, 1.82) is 0 Å². The Bertz CT molecular complexity index is 739. The molecule has 2 amide bonds. The molecule has 0 saturated carbocycles. The summed E-state index contributed by atoms with van der Waals surface area (Å²) < 4.78 is 0. The van der Waals surface area contributed by atoms with Gasteiger partial charge in [0, 0.05) is 12.2 Å². The number of hydrogen-bond acceptors (Lipinski definition) is 2. The topological polar surface area (TPSA) is 41.1 Å². The largest absolute Gasteiger partial charge is 0.334 e. The molecule has 3 aromatic rings. The Morgan fingerprint density at radius 1 is 0.955 bits per heavy atom. The average molecular weight is 308 g/mol. The number of thiophene rings is 1. The van der Waals surface area contributed by atoms with Crippen molar-refractivity contribution < 1.29 is 4.79 Å². The fourth-order valence-electron chi connectivity index (χ4n) is 2.25. The Morgan fingerprint density at radius 2 is 1.73 bits per heavy atom. The van der Waals surface area contributed by atoms with Crippen LogP contribution < -0.4 is 10.6 Å². The third-order valence-electron chi connectivity index (χ3n) is 3.32. The number of urea groups is 1. The summed E-state index contributed by atoms with van der Waals surface area (Å²) in [4.78, 5) is 12.0. The highest BCUT2D eigenvalue weighted by Crippen LogP contribution is 2.25. The summed E-state index contributed by atoms with van der Waals surface area (Å²) in [5.41, 5.74) is 4.23. The lowest BCUT2D eigenvalue weighted by Crippen LogP contribution is -2.28. The summed E-state index contributed by atoms with van der Waals surface area (Å²) in [5.74, 6) is 0. The van der Waals surface area contributed by atoms with E-state index in [1.54, 1.807) is 11.3 Å². The molecular weight excluding hydrogens is 292 g/mol. The van der Waals surface area contributed by atoms with Gasteiger partial charge in [-0.2, -0.15) is 11.3 Å². The minimum absolute atomic E-state index is 0.202. The van der Waals surface area contributed by atoms with Crippen LogP contribution in [0.1, 0.15) is 5.56 Å². The van der Waals surface area contributed by atoms with Crippen LogP contribution in [0.15, 0.2) is 71.4 Å². The molecule has 0 aliphatic heterocycles. The second-order valence-electron chi connectivity index (χ2n) is 4.84. The molecule has 0 atom stereocenters. The van der Waals surface area contributed by atoms with Crippen molar-refractivity contribution in [3.05, 3.63) is 77.0 Å². The molecule has 0 spiro atoms. The van der Waals surface area contributed by atoms with Crippen molar-refractivity contribution in [2.24, 2.45) is 0 Å². The van der Waals surface area contributed by atoms with E-state index in [1.807, 2.05) is 48.5 Å². The fourth-order valence-corrected chi connectivity index (χ4v) is 2.90. The van der Waals surface area contributed by atoms with Crippen LogP contribution in [-0.2, 0) is 6.54 Å². The second-order valence-corrected chi connectivity index (χ2v) is 5.62. The van der Waals surface area contributed by atoms with Gasteiger partial charge in [0.2, 0.25) is 0 Å². The first-order valence-electron chi connectivity index (χ1n) is 7.03. The van der Waals surface area contributed by atoms with Gasteiger partial charge in [-0.25, -0.2) is 4.79 Å². The monoisotopic (exact) mass is 308 g/mol. The van der Waals surface area contributed by atoms with Gasteiger partial charge in [-0.3, -0.25) is 0 Å². The van der Waals surface area contributed by atoms with Crippen LogP contribution in [0.2, 0.25) is 0 Å². The zero-order valence-corrected chi connectivity index (χ0v) is 12.8. The molecule has 0 fully saturated rings. The standard InChI is InChI=1S/C18H16N2OS/c21-18(20-16-7-2-1-3-8-16)19-12-14-6-4-5-9-17(14)15-10-11-22-13-15/h1-11,13H,12H2,(H2,19,20,21). The van der Waals surface area contributed by atoms with E-state index in [4.69, 9.17) is 0 Å². The number of para-hydroxylation sites is 1. The lowest BCUT2D eigenvalue weighted by Gasteiger charge is -2.11. The lowest BCUT2D eigenvalue weighted by atomic mass is 10.0. The van der Waals surface area contributed by atoms with Crippen LogP contribution in [0.5, 0.6) is 0 Å².